The first-order chi connectivity index (χ1) is 6.99. The van der Waals surface area contributed by atoms with Crippen molar-refractivity contribution in [3.05, 3.63) is 35.4 Å². The van der Waals surface area contributed by atoms with Gasteiger partial charge in [-0.3, -0.25) is 9.59 Å². The van der Waals surface area contributed by atoms with Crippen molar-refractivity contribution in [2.75, 3.05) is 0 Å². The average Bonchev–Trinajstić information content (AvgIpc) is 2.12. The van der Waals surface area contributed by atoms with Gasteiger partial charge in [0.05, 0.1) is 0 Å². The first-order valence-corrected chi connectivity index (χ1v) is 4.26. The highest BCUT2D eigenvalue weighted by molar-refractivity contribution is 5.97. The third-order valence-corrected chi connectivity index (χ3v) is 1.78. The molecule has 1 rings (SSSR count). The topological polar surface area (TPSA) is 60.2 Å². The summed E-state index contributed by atoms with van der Waals surface area (Å²) < 4.78 is 25.4. The van der Waals surface area contributed by atoms with Crippen LogP contribution in [0.5, 0.6) is 0 Å². The molecule has 0 heterocycles. The van der Waals surface area contributed by atoms with Gasteiger partial charge in [-0.05, 0) is 12.1 Å². The largest absolute Gasteiger partial charge is 0.370 e. The Bertz CT molecular complexity index is 384. The third kappa shape index (κ3) is 3.46. The van der Waals surface area contributed by atoms with Crippen molar-refractivity contribution in [1.82, 2.24) is 0 Å². The van der Waals surface area contributed by atoms with Gasteiger partial charge in [0.2, 0.25) is 5.91 Å². The van der Waals surface area contributed by atoms with E-state index in [1.54, 1.807) is 0 Å². The molecule has 15 heavy (non-hydrogen) atoms. The van der Waals surface area contributed by atoms with Gasteiger partial charge in [0.25, 0.3) is 0 Å². The molecule has 0 fully saturated rings. The van der Waals surface area contributed by atoms with E-state index < -0.39 is 23.3 Å². The fourth-order valence-electron chi connectivity index (χ4n) is 1.10. The number of Topliss-reactive ketones (excluding diaryl/α,β-unsaturated/α-hetero) is 1. The predicted octanol–water partition coefficient (Wildman–Crippen LogP) is 1.41. The van der Waals surface area contributed by atoms with Gasteiger partial charge < -0.3 is 5.73 Å². The van der Waals surface area contributed by atoms with Crippen LogP contribution in [-0.2, 0) is 4.79 Å². The lowest BCUT2D eigenvalue weighted by molar-refractivity contribution is -0.118. The van der Waals surface area contributed by atoms with Gasteiger partial charge in [-0.1, -0.05) is 0 Å². The molecule has 0 atom stereocenters. The van der Waals surface area contributed by atoms with E-state index in [1.165, 1.54) is 0 Å². The van der Waals surface area contributed by atoms with Crippen LogP contribution in [0, 0.1) is 11.6 Å². The maximum atomic E-state index is 12.7. The van der Waals surface area contributed by atoms with E-state index in [0.717, 1.165) is 12.1 Å². The number of amides is 1. The molecule has 0 radical (unpaired) electrons. The molecule has 1 aromatic carbocycles. The Labute approximate surface area is 84.9 Å². The van der Waals surface area contributed by atoms with Crippen LogP contribution in [0.1, 0.15) is 23.2 Å². The van der Waals surface area contributed by atoms with Crippen molar-refractivity contribution in [1.29, 1.82) is 0 Å². The third-order valence-electron chi connectivity index (χ3n) is 1.78. The van der Waals surface area contributed by atoms with Gasteiger partial charge in [0.15, 0.2) is 5.78 Å². The van der Waals surface area contributed by atoms with Crippen LogP contribution >= 0.6 is 0 Å². The van der Waals surface area contributed by atoms with Crippen molar-refractivity contribution >= 4 is 11.7 Å². The van der Waals surface area contributed by atoms with Gasteiger partial charge >= 0.3 is 0 Å². The number of carbonyl (C=O) groups is 2. The van der Waals surface area contributed by atoms with Gasteiger partial charge in [0.1, 0.15) is 11.6 Å². The lowest BCUT2D eigenvalue weighted by Gasteiger charge is -2.00. The van der Waals surface area contributed by atoms with Gasteiger partial charge in [-0.15, -0.1) is 0 Å². The summed E-state index contributed by atoms with van der Waals surface area (Å²) >= 11 is 0. The fourth-order valence-corrected chi connectivity index (χ4v) is 1.10. The Morgan fingerprint density at radius 3 is 2.07 bits per heavy atom. The summed E-state index contributed by atoms with van der Waals surface area (Å²) in [7, 11) is 0. The molecule has 1 aromatic rings. The number of rotatable bonds is 4. The first-order valence-electron chi connectivity index (χ1n) is 4.26. The molecule has 0 aliphatic heterocycles. The zero-order valence-corrected chi connectivity index (χ0v) is 7.80. The molecule has 0 aromatic heterocycles. The molecule has 0 aliphatic rings. The normalized spacial score (nSPS) is 10.0. The van der Waals surface area contributed by atoms with Crippen LogP contribution in [0.3, 0.4) is 0 Å². The second-order valence-corrected chi connectivity index (χ2v) is 3.05. The van der Waals surface area contributed by atoms with E-state index in [0.29, 0.717) is 6.07 Å². The molecular weight excluding hydrogens is 204 g/mol. The molecule has 0 saturated carbocycles. The Balaban J connectivity index is 2.77. The predicted molar refractivity (Wildman–Crippen MR) is 49.1 cm³/mol. The zero-order valence-electron chi connectivity index (χ0n) is 7.80. The standard InChI is InChI=1S/C10H9F2NO2/c11-7-3-6(4-8(12)5-7)9(14)1-2-10(13)15/h3-5H,1-2H2,(H2,13,15). The highest BCUT2D eigenvalue weighted by Gasteiger charge is 2.10. The smallest absolute Gasteiger partial charge is 0.217 e. The Morgan fingerprint density at radius 2 is 1.60 bits per heavy atom. The minimum absolute atomic E-state index is 0.0891. The van der Waals surface area contributed by atoms with Gasteiger partial charge in [-0.2, -0.15) is 0 Å². The van der Waals surface area contributed by atoms with Crippen molar-refractivity contribution in [3.8, 4) is 0 Å². The number of ketones is 1. The molecule has 80 valence electrons. The monoisotopic (exact) mass is 213 g/mol. The van der Waals surface area contributed by atoms with Crippen LogP contribution in [0.25, 0.3) is 0 Å². The number of halogens is 2. The molecule has 0 unspecified atom stereocenters. The van der Waals surface area contributed by atoms with Crippen LogP contribution in [0.4, 0.5) is 8.78 Å². The van der Waals surface area contributed by atoms with Crippen LogP contribution in [0.2, 0.25) is 0 Å². The lowest BCUT2D eigenvalue weighted by Crippen LogP contribution is -2.12. The van der Waals surface area contributed by atoms with E-state index in [4.69, 9.17) is 5.73 Å². The Kier molecular flexibility index (Phi) is 3.49. The van der Waals surface area contributed by atoms with Crippen molar-refractivity contribution in [2.45, 2.75) is 12.8 Å². The van der Waals surface area contributed by atoms with Crippen LogP contribution in [-0.4, -0.2) is 11.7 Å². The minimum atomic E-state index is -0.822. The summed E-state index contributed by atoms with van der Waals surface area (Å²) in [5.74, 6) is -2.78. The maximum Gasteiger partial charge on any atom is 0.217 e. The van der Waals surface area contributed by atoms with E-state index in [-0.39, 0.29) is 18.4 Å². The van der Waals surface area contributed by atoms with E-state index in [2.05, 4.69) is 0 Å². The summed E-state index contributed by atoms with van der Waals surface area (Å²) in [6, 6.07) is 2.52. The molecule has 0 spiro atoms. The first kappa shape index (κ1) is 11.3. The number of primary amides is 1. The van der Waals surface area contributed by atoms with Crippen molar-refractivity contribution < 1.29 is 18.4 Å². The van der Waals surface area contributed by atoms with Crippen LogP contribution < -0.4 is 5.73 Å². The number of benzene rings is 1. The van der Waals surface area contributed by atoms with Crippen LogP contribution in [0.15, 0.2) is 18.2 Å². The Morgan fingerprint density at radius 1 is 1.07 bits per heavy atom. The summed E-state index contributed by atoms with van der Waals surface area (Å²) in [5.41, 5.74) is 4.75. The summed E-state index contributed by atoms with van der Waals surface area (Å²) in [6.45, 7) is 0. The van der Waals surface area contributed by atoms with Gasteiger partial charge in [-0.25, -0.2) is 8.78 Å². The fraction of sp³-hybridized carbons (Fsp3) is 0.200. The van der Waals surface area contributed by atoms with E-state index >= 15 is 0 Å². The van der Waals surface area contributed by atoms with E-state index in [9.17, 15) is 18.4 Å². The zero-order chi connectivity index (χ0) is 11.4. The number of hydrogen-bond acceptors (Lipinski definition) is 2. The van der Waals surface area contributed by atoms with Gasteiger partial charge in [0, 0.05) is 24.5 Å². The van der Waals surface area contributed by atoms with E-state index in [1.807, 2.05) is 0 Å². The molecule has 2 N–H and O–H groups in total. The quantitative estimate of drug-likeness (QED) is 0.769. The Hall–Kier alpha value is -1.78. The minimum Gasteiger partial charge on any atom is -0.370 e. The second-order valence-electron chi connectivity index (χ2n) is 3.05. The molecule has 0 saturated heterocycles. The highest BCUT2D eigenvalue weighted by atomic mass is 19.1. The molecular formula is C10H9F2NO2. The average molecular weight is 213 g/mol. The molecule has 1 amide bonds. The van der Waals surface area contributed by atoms with Crippen molar-refractivity contribution in [3.63, 3.8) is 0 Å². The summed E-state index contributed by atoms with van der Waals surface area (Å²) in [5, 5.41) is 0. The lowest BCUT2D eigenvalue weighted by atomic mass is 10.1. The second kappa shape index (κ2) is 4.63. The molecule has 5 heteroatoms. The SMILES string of the molecule is NC(=O)CCC(=O)c1cc(F)cc(F)c1. The number of nitrogens with two attached hydrogens (primary N) is 1. The summed E-state index contributed by atoms with van der Waals surface area (Å²) in [6.07, 6.45) is -0.269. The highest BCUT2D eigenvalue weighted by Crippen LogP contribution is 2.10. The number of hydrogen-bond donors (Lipinski definition) is 1. The summed E-state index contributed by atoms with van der Waals surface area (Å²) in [4.78, 5) is 21.7. The number of carbonyl (C=O) groups excluding carboxylic acids is 2. The molecule has 0 bridgehead atoms. The maximum absolute atomic E-state index is 12.7. The van der Waals surface area contributed by atoms with Crippen molar-refractivity contribution in [2.24, 2.45) is 5.73 Å². The molecule has 3 nitrogen and oxygen atoms in total. The molecule has 0 aliphatic carbocycles.